The molecule has 0 aromatic heterocycles. The molecular weight excluding hydrogens is 247 g/mol. The molecule has 0 bridgehead atoms. The number of rotatable bonds is 4. The van der Waals surface area contributed by atoms with Crippen molar-refractivity contribution in [2.45, 2.75) is 18.9 Å². The zero-order chi connectivity index (χ0) is 13.8. The van der Waals surface area contributed by atoms with Crippen molar-refractivity contribution in [2.75, 3.05) is 31.6 Å². The zero-order valence-electron chi connectivity index (χ0n) is 11.1. The molecule has 1 N–H and O–H groups in total. The van der Waals surface area contributed by atoms with E-state index in [1.165, 1.54) is 12.1 Å². The average molecular weight is 266 g/mol. The maximum atomic E-state index is 12.9. The van der Waals surface area contributed by atoms with Gasteiger partial charge in [0.2, 0.25) is 0 Å². The molecule has 2 rings (SSSR count). The molecule has 1 unspecified atom stereocenters. The largest absolute Gasteiger partial charge is 0.481 e. The van der Waals surface area contributed by atoms with Gasteiger partial charge in [0.1, 0.15) is 5.82 Å². The Morgan fingerprint density at radius 1 is 1.37 bits per heavy atom. The van der Waals surface area contributed by atoms with Gasteiger partial charge in [-0.05, 0) is 37.7 Å². The third-order valence-electron chi connectivity index (χ3n) is 3.66. The van der Waals surface area contributed by atoms with Crippen molar-refractivity contribution in [1.29, 1.82) is 0 Å². The van der Waals surface area contributed by atoms with Crippen molar-refractivity contribution in [3.63, 3.8) is 0 Å². The summed E-state index contributed by atoms with van der Waals surface area (Å²) in [6.45, 7) is 2.56. The van der Waals surface area contributed by atoms with Crippen LogP contribution < -0.4 is 4.90 Å². The molecule has 0 saturated carbocycles. The van der Waals surface area contributed by atoms with Gasteiger partial charge in [-0.3, -0.25) is 9.69 Å². The molecule has 1 aromatic rings. The smallest absolute Gasteiger partial charge is 0.303 e. The van der Waals surface area contributed by atoms with Gasteiger partial charge in [0.05, 0.1) is 0 Å². The van der Waals surface area contributed by atoms with Crippen LogP contribution in [-0.2, 0) is 4.79 Å². The number of hydrogen-bond acceptors (Lipinski definition) is 3. The lowest BCUT2D eigenvalue weighted by Crippen LogP contribution is -2.51. The van der Waals surface area contributed by atoms with E-state index in [1.54, 1.807) is 12.1 Å². The highest BCUT2D eigenvalue weighted by Gasteiger charge is 2.24. The number of benzene rings is 1. The molecule has 0 spiro atoms. The molecule has 0 amide bonds. The minimum Gasteiger partial charge on any atom is -0.481 e. The molecule has 1 aliphatic heterocycles. The predicted octanol–water partition coefficient (Wildman–Crippen LogP) is 1.81. The van der Waals surface area contributed by atoms with Gasteiger partial charge in [-0.1, -0.05) is 0 Å². The van der Waals surface area contributed by atoms with E-state index < -0.39 is 5.97 Å². The fraction of sp³-hybridized carbons (Fsp3) is 0.500. The van der Waals surface area contributed by atoms with Crippen molar-refractivity contribution >= 4 is 11.7 Å². The summed E-state index contributed by atoms with van der Waals surface area (Å²) in [6, 6.07) is 6.69. The number of likely N-dealkylation sites (N-methyl/N-ethyl adjacent to an activating group) is 1. The van der Waals surface area contributed by atoms with Crippen molar-refractivity contribution in [2.24, 2.45) is 0 Å². The van der Waals surface area contributed by atoms with Gasteiger partial charge in [-0.2, -0.15) is 0 Å². The van der Waals surface area contributed by atoms with Crippen LogP contribution in [0.4, 0.5) is 10.1 Å². The zero-order valence-corrected chi connectivity index (χ0v) is 11.1. The van der Waals surface area contributed by atoms with E-state index in [4.69, 9.17) is 5.11 Å². The number of aliphatic carboxylic acids is 1. The third kappa shape index (κ3) is 3.67. The van der Waals surface area contributed by atoms with Gasteiger partial charge >= 0.3 is 5.97 Å². The van der Waals surface area contributed by atoms with Gasteiger partial charge in [0.25, 0.3) is 0 Å². The van der Waals surface area contributed by atoms with Gasteiger partial charge in [0, 0.05) is 37.8 Å². The first-order valence-corrected chi connectivity index (χ1v) is 6.49. The Balaban J connectivity index is 2.00. The summed E-state index contributed by atoms with van der Waals surface area (Å²) in [5.41, 5.74) is 0.995. The Morgan fingerprint density at radius 2 is 2.05 bits per heavy atom. The first-order chi connectivity index (χ1) is 9.06. The molecule has 1 aromatic carbocycles. The summed E-state index contributed by atoms with van der Waals surface area (Å²) in [5.74, 6) is -0.993. The number of carbonyl (C=O) groups is 1. The Kier molecular flexibility index (Phi) is 4.37. The Morgan fingerprint density at radius 3 is 2.68 bits per heavy atom. The molecule has 4 nitrogen and oxygen atoms in total. The molecule has 1 atom stereocenters. The normalized spacial score (nSPS) is 20.5. The second kappa shape index (κ2) is 6.02. The first kappa shape index (κ1) is 13.8. The first-order valence-electron chi connectivity index (χ1n) is 6.49. The third-order valence-corrected chi connectivity index (χ3v) is 3.66. The van der Waals surface area contributed by atoms with E-state index >= 15 is 0 Å². The lowest BCUT2D eigenvalue weighted by atomic mass is 10.1. The van der Waals surface area contributed by atoms with Gasteiger partial charge in [-0.15, -0.1) is 0 Å². The number of halogens is 1. The molecule has 1 saturated heterocycles. The van der Waals surface area contributed by atoms with E-state index in [-0.39, 0.29) is 18.3 Å². The highest BCUT2D eigenvalue weighted by Crippen LogP contribution is 2.20. The molecule has 19 heavy (non-hydrogen) atoms. The van der Waals surface area contributed by atoms with Crippen LogP contribution in [0.3, 0.4) is 0 Å². The maximum Gasteiger partial charge on any atom is 0.303 e. The topological polar surface area (TPSA) is 43.8 Å². The standard InChI is InChI=1S/C14H19FN2O2/c1-16-8-9-17(10-13(16)6-7-14(18)19)12-4-2-11(15)3-5-12/h2-5,13H,6-10H2,1H3,(H,18,19). The van der Waals surface area contributed by atoms with E-state index in [9.17, 15) is 9.18 Å². The van der Waals surface area contributed by atoms with Crippen LogP contribution in [0.1, 0.15) is 12.8 Å². The predicted molar refractivity (Wildman–Crippen MR) is 71.9 cm³/mol. The van der Waals surface area contributed by atoms with Crippen LogP contribution in [0.15, 0.2) is 24.3 Å². The molecule has 104 valence electrons. The summed E-state index contributed by atoms with van der Waals surface area (Å²) in [4.78, 5) is 15.0. The van der Waals surface area contributed by atoms with E-state index in [2.05, 4.69) is 9.80 Å². The van der Waals surface area contributed by atoms with E-state index in [1.807, 2.05) is 7.05 Å². The molecule has 0 radical (unpaired) electrons. The number of carboxylic acid groups (broad SMARTS) is 1. The van der Waals surface area contributed by atoms with Gasteiger partial charge in [-0.25, -0.2) is 4.39 Å². The minimum atomic E-state index is -0.757. The highest BCUT2D eigenvalue weighted by atomic mass is 19.1. The summed E-state index contributed by atoms with van der Waals surface area (Å²) in [7, 11) is 2.02. The van der Waals surface area contributed by atoms with Crippen LogP contribution >= 0.6 is 0 Å². The number of carboxylic acids is 1. The van der Waals surface area contributed by atoms with Crippen molar-refractivity contribution < 1.29 is 14.3 Å². The second-order valence-corrected chi connectivity index (χ2v) is 4.99. The van der Waals surface area contributed by atoms with E-state index in [0.717, 1.165) is 25.3 Å². The summed E-state index contributed by atoms with van der Waals surface area (Å²) in [6.07, 6.45) is 0.829. The molecular formula is C14H19FN2O2. The SMILES string of the molecule is CN1CCN(c2ccc(F)cc2)CC1CCC(=O)O. The quantitative estimate of drug-likeness (QED) is 0.902. The number of nitrogens with zero attached hydrogens (tertiary/aromatic N) is 2. The molecule has 1 heterocycles. The van der Waals surface area contributed by atoms with E-state index in [0.29, 0.717) is 6.42 Å². The molecule has 1 aliphatic rings. The van der Waals surface area contributed by atoms with Crippen molar-refractivity contribution in [3.8, 4) is 0 Å². The second-order valence-electron chi connectivity index (χ2n) is 4.99. The van der Waals surface area contributed by atoms with Crippen molar-refractivity contribution in [3.05, 3.63) is 30.1 Å². The van der Waals surface area contributed by atoms with Crippen LogP contribution in [0.5, 0.6) is 0 Å². The average Bonchev–Trinajstić information content (AvgIpc) is 2.39. The lowest BCUT2D eigenvalue weighted by Gasteiger charge is -2.40. The van der Waals surface area contributed by atoms with Crippen LogP contribution in [0.2, 0.25) is 0 Å². The van der Waals surface area contributed by atoms with Crippen molar-refractivity contribution in [1.82, 2.24) is 4.90 Å². The van der Waals surface area contributed by atoms with Crippen LogP contribution in [-0.4, -0.2) is 48.7 Å². The Bertz CT molecular complexity index is 436. The fourth-order valence-corrected chi connectivity index (χ4v) is 2.43. The molecule has 5 heteroatoms. The highest BCUT2D eigenvalue weighted by molar-refractivity contribution is 5.66. The van der Waals surface area contributed by atoms with Crippen LogP contribution in [0.25, 0.3) is 0 Å². The number of anilines is 1. The lowest BCUT2D eigenvalue weighted by molar-refractivity contribution is -0.137. The monoisotopic (exact) mass is 266 g/mol. The number of piperazine rings is 1. The summed E-state index contributed by atoms with van der Waals surface area (Å²) in [5, 5.41) is 8.77. The summed E-state index contributed by atoms with van der Waals surface area (Å²) >= 11 is 0. The minimum absolute atomic E-state index is 0.187. The number of hydrogen-bond donors (Lipinski definition) is 1. The van der Waals surface area contributed by atoms with Gasteiger partial charge < -0.3 is 10.0 Å². The Hall–Kier alpha value is -1.62. The molecule has 1 fully saturated rings. The van der Waals surface area contributed by atoms with Crippen LogP contribution in [0, 0.1) is 5.82 Å². The molecule has 0 aliphatic carbocycles. The maximum absolute atomic E-state index is 12.9. The fourth-order valence-electron chi connectivity index (χ4n) is 2.43. The summed E-state index contributed by atoms with van der Waals surface area (Å²) < 4.78 is 12.9. The van der Waals surface area contributed by atoms with Gasteiger partial charge in [0.15, 0.2) is 0 Å². The Labute approximate surface area is 112 Å².